The lowest BCUT2D eigenvalue weighted by molar-refractivity contribution is -0.138. The summed E-state index contributed by atoms with van der Waals surface area (Å²) in [7, 11) is 3.27. The Balaban J connectivity index is 0.000000163. The minimum atomic E-state index is -0.892. The van der Waals surface area contributed by atoms with Crippen molar-refractivity contribution in [2.45, 2.75) is 218 Å². The predicted molar refractivity (Wildman–Crippen MR) is 554 cm³/mol. The molecule has 12 aromatic carbocycles. The molecule has 0 heterocycles. The Labute approximate surface area is 839 Å². The number of carbonyl (C=O) groups is 8. The largest absolute Gasteiger partial charge is 0.497 e. The SMILES string of the molecule is [2H]C(c1ccccc1OCCCCCC(=O)O)N(C(=O)c1ccc(-c2ccc(C)cc2)cc1)C1CC1.[2H]C(c1ccccc1OCCCCCC(=O)O)N(C(=O)c1ccc(-c2cccc(C)c2)cc1)C1CC1.[2H]C(c1ccccc1OCCCCCC(=O)O)N(C(=O)c1ccc(-c2cccc(OC)c2)cc1)C1CC1.[2H]C(c1ccccc1OCCCCCC(=O)O)N(C(=O)c1ccc(-c2ccccc2OC)cc1)C1CC1. The molecule has 142 heavy (non-hydrogen) atoms. The van der Waals surface area contributed by atoms with Crippen molar-refractivity contribution >= 4 is 47.5 Å². The number of carbonyl (C=O) groups excluding carboxylic acids is 4. The van der Waals surface area contributed by atoms with Crippen LogP contribution in [0.3, 0.4) is 0 Å². The highest BCUT2D eigenvalue weighted by Gasteiger charge is 2.38. The number of aliphatic carboxylic acids is 4. The molecule has 4 aliphatic carbocycles. The first-order valence-electron chi connectivity index (χ1n) is 51.7. The van der Waals surface area contributed by atoms with Crippen LogP contribution in [0.25, 0.3) is 44.5 Å². The van der Waals surface area contributed by atoms with E-state index in [0.29, 0.717) is 120 Å². The lowest BCUT2D eigenvalue weighted by atomic mass is 10.0. The number of ether oxygens (including phenoxy) is 6. The van der Waals surface area contributed by atoms with Gasteiger partial charge in [-0.2, -0.15) is 0 Å². The summed E-state index contributed by atoms with van der Waals surface area (Å²) < 4.78 is 70.7. The Morgan fingerprint density at radius 3 is 0.824 bits per heavy atom. The van der Waals surface area contributed by atoms with Gasteiger partial charge in [0.25, 0.3) is 23.6 Å². The zero-order valence-corrected chi connectivity index (χ0v) is 81.4. The molecule has 740 valence electrons. The van der Waals surface area contributed by atoms with E-state index in [9.17, 15) is 38.4 Å². The number of amides is 4. The monoisotopic (exact) mass is 1920 g/mol. The highest BCUT2D eigenvalue weighted by atomic mass is 16.5. The zero-order valence-electron chi connectivity index (χ0n) is 85.4. The zero-order chi connectivity index (χ0) is 103. The van der Waals surface area contributed by atoms with Crippen LogP contribution in [0, 0.1) is 13.8 Å². The number of aryl methyl sites for hydroxylation is 2. The number of rotatable bonds is 50. The van der Waals surface area contributed by atoms with Crippen molar-refractivity contribution < 1.29 is 92.7 Å². The molecule has 0 saturated heterocycles. The van der Waals surface area contributed by atoms with E-state index in [1.807, 2.05) is 249 Å². The van der Waals surface area contributed by atoms with Gasteiger partial charge in [0, 0.05) is 126 Å². The second kappa shape index (κ2) is 54.1. The van der Waals surface area contributed by atoms with E-state index in [4.69, 9.17) is 54.3 Å². The minimum Gasteiger partial charge on any atom is -0.497 e. The van der Waals surface area contributed by atoms with Gasteiger partial charge in [0.2, 0.25) is 0 Å². The second-order valence-electron chi connectivity index (χ2n) is 36.1. The van der Waals surface area contributed by atoms with Crippen LogP contribution in [0.15, 0.2) is 291 Å². The number of hydrogen-bond acceptors (Lipinski definition) is 14. The van der Waals surface area contributed by atoms with E-state index in [1.54, 1.807) is 33.8 Å². The highest BCUT2D eigenvalue weighted by molar-refractivity contribution is 5.98. The van der Waals surface area contributed by atoms with Crippen molar-refractivity contribution in [1.82, 2.24) is 19.6 Å². The molecular formula is C120H132N4O18. The topological polar surface area (TPSA) is 286 Å². The molecule has 0 bridgehead atoms. The van der Waals surface area contributed by atoms with Crippen LogP contribution in [0.4, 0.5) is 0 Å². The maximum atomic E-state index is 13.6. The van der Waals surface area contributed by atoms with E-state index < -0.39 is 50.0 Å². The third kappa shape index (κ3) is 32.9. The molecule has 0 aliphatic heterocycles. The number of para-hydroxylation sites is 5. The fourth-order valence-electron chi connectivity index (χ4n) is 16.2. The minimum absolute atomic E-state index is 0.0352. The summed E-state index contributed by atoms with van der Waals surface area (Å²) in [4.78, 5) is 104. The maximum Gasteiger partial charge on any atom is 0.303 e. The van der Waals surface area contributed by atoms with Crippen LogP contribution >= 0.6 is 0 Å². The molecule has 22 nitrogen and oxygen atoms in total. The summed E-state index contributed by atoms with van der Waals surface area (Å²) in [5.74, 6) is 0.160. The summed E-state index contributed by atoms with van der Waals surface area (Å²) in [5.41, 5.74) is 15.5. The van der Waals surface area contributed by atoms with E-state index in [2.05, 4.69) is 56.3 Å². The van der Waals surface area contributed by atoms with Gasteiger partial charge in [0.1, 0.15) is 34.5 Å². The van der Waals surface area contributed by atoms with Crippen LogP contribution < -0.4 is 28.4 Å². The van der Waals surface area contributed by atoms with E-state index >= 15 is 0 Å². The first-order chi connectivity index (χ1) is 70.8. The van der Waals surface area contributed by atoms with E-state index in [0.717, 1.165) is 159 Å². The van der Waals surface area contributed by atoms with Gasteiger partial charge in [-0.1, -0.05) is 211 Å². The standard InChI is InChI=1S/2C30H33NO5.2C30H33NO4/c1-35-28-12-7-5-10-26(28)22-14-16-23(17-15-22)30(34)31(25-18-19-25)21-24-9-4-6-11-27(24)36-20-8-2-3-13-29(32)33;1-35-27-10-7-9-24(20-27)22-13-15-23(16-14-22)30(34)31(26-17-18-26)21-25-8-4-5-11-28(25)36-19-6-2-3-12-29(32)33;1-22-8-7-10-25(20-22)23-13-15-24(16-14-23)30(34)31(27-17-18-27)21-26-9-4-5-11-28(26)35-19-6-2-3-12-29(32)33;1-22-10-12-23(13-11-22)24-14-16-25(17-15-24)30(34)31(27-18-19-27)21-26-7-4-5-8-28(26)35-20-6-2-3-9-29(32)33/h4-7,9-12,14-17,25H,2-3,8,13,18-21H2,1H3,(H,32,33);4-5,7-11,13-16,20,26H,2-3,6,12,17-19,21H2,1H3,(H,32,33);4-5,7-11,13-16,20,27H,2-3,6,12,17-19,21H2,1H3,(H,32,33);4-5,7-8,10-17,27H,2-3,6,9,18-21H2,1H3,(H,32,33)/i4*21D. The van der Waals surface area contributed by atoms with Crippen LogP contribution in [-0.2, 0) is 45.3 Å². The summed E-state index contributed by atoms with van der Waals surface area (Å²) >= 11 is 0. The van der Waals surface area contributed by atoms with Crippen molar-refractivity contribution in [2.75, 3.05) is 40.6 Å². The molecule has 12 aromatic rings. The Hall–Kier alpha value is -14.8. The summed E-state index contributed by atoms with van der Waals surface area (Å²) in [6.07, 6.45) is 16.2. The number of nitrogens with zero attached hydrogens (tertiary/aromatic N) is 4. The first kappa shape index (κ1) is 98.8. The molecule has 0 radical (unpaired) electrons. The molecule has 4 N–H and O–H groups in total. The number of carboxylic acids is 4. The molecule has 4 unspecified atom stereocenters. The van der Waals surface area contributed by atoms with Crippen LogP contribution in [0.1, 0.15) is 234 Å². The molecule has 16 rings (SSSR count). The molecular weight excluding hydrogens is 1790 g/mol. The number of hydrogen-bond donors (Lipinski definition) is 4. The average molecular weight is 1920 g/mol. The van der Waals surface area contributed by atoms with Crippen molar-refractivity contribution in [2.24, 2.45) is 0 Å². The van der Waals surface area contributed by atoms with Gasteiger partial charge >= 0.3 is 23.9 Å². The molecule has 4 atom stereocenters. The van der Waals surface area contributed by atoms with Crippen LogP contribution in [0.2, 0.25) is 0 Å². The number of carboxylic acid groups (broad SMARTS) is 4. The Kier molecular flexibility index (Phi) is 37.6. The first-order valence-corrected chi connectivity index (χ1v) is 49.4. The van der Waals surface area contributed by atoms with E-state index in [1.165, 1.54) is 11.1 Å². The van der Waals surface area contributed by atoms with Gasteiger partial charge in [-0.05, 0) is 272 Å². The normalized spacial score (nSPS) is 14.1. The fourth-order valence-corrected chi connectivity index (χ4v) is 16.2. The fraction of sp³-hybridized carbons (Fsp3) is 0.333. The average Bonchev–Trinajstić information content (AvgIpc) is 1.65. The van der Waals surface area contributed by atoms with Gasteiger partial charge in [0.15, 0.2) is 0 Å². The predicted octanol–water partition coefficient (Wildman–Crippen LogP) is 25.4. The summed E-state index contributed by atoms with van der Waals surface area (Å²) in [6.45, 7) is 2.36. The van der Waals surface area contributed by atoms with Crippen molar-refractivity contribution in [3.8, 4) is 79.0 Å². The Morgan fingerprint density at radius 1 is 0.268 bits per heavy atom. The van der Waals surface area contributed by atoms with Crippen LogP contribution in [0.5, 0.6) is 34.5 Å². The van der Waals surface area contributed by atoms with Gasteiger partial charge in [0.05, 0.1) is 46.1 Å². The van der Waals surface area contributed by atoms with Crippen molar-refractivity contribution in [3.05, 3.63) is 347 Å². The summed E-state index contributed by atoms with van der Waals surface area (Å²) in [5, 5.41) is 35.1. The number of methoxy groups -OCH3 is 2. The molecule has 4 fully saturated rings. The van der Waals surface area contributed by atoms with Gasteiger partial charge in [-0.25, -0.2) is 0 Å². The van der Waals surface area contributed by atoms with Crippen molar-refractivity contribution in [3.63, 3.8) is 0 Å². The quantitative estimate of drug-likeness (QED) is 0.0258. The highest BCUT2D eigenvalue weighted by Crippen LogP contribution is 2.40. The van der Waals surface area contributed by atoms with Crippen molar-refractivity contribution in [1.29, 1.82) is 0 Å². The maximum absolute atomic E-state index is 13.6. The van der Waals surface area contributed by atoms with Gasteiger partial charge in [-0.3, -0.25) is 38.4 Å². The smallest absolute Gasteiger partial charge is 0.303 e. The summed E-state index contributed by atoms with van der Waals surface area (Å²) in [6, 6.07) is 92.0. The lowest BCUT2D eigenvalue weighted by Crippen LogP contribution is -2.32. The molecule has 0 aromatic heterocycles. The second-order valence-corrected chi connectivity index (χ2v) is 36.1. The lowest BCUT2D eigenvalue weighted by Gasteiger charge is -2.24. The molecule has 4 amide bonds. The van der Waals surface area contributed by atoms with Gasteiger partial charge < -0.3 is 68.4 Å². The van der Waals surface area contributed by atoms with Gasteiger partial charge in [-0.15, -0.1) is 0 Å². The third-order valence-corrected chi connectivity index (χ3v) is 24.7. The van der Waals surface area contributed by atoms with Crippen LogP contribution in [-0.4, -0.2) is 152 Å². The molecule has 0 spiro atoms. The Morgan fingerprint density at radius 2 is 0.535 bits per heavy atom. The third-order valence-electron chi connectivity index (χ3n) is 24.7. The number of unbranched alkanes of at least 4 members (excludes halogenated alkanes) is 8. The number of benzene rings is 12. The molecule has 4 saturated carbocycles. The molecule has 22 heteroatoms. The molecule has 4 aliphatic rings. The Bertz CT molecular complexity index is 6300. The van der Waals surface area contributed by atoms with E-state index in [-0.39, 0.29) is 73.5 Å².